The topological polar surface area (TPSA) is 52.6 Å². The van der Waals surface area contributed by atoms with Crippen LogP contribution in [0, 0.1) is 0 Å². The summed E-state index contributed by atoms with van der Waals surface area (Å²) in [5, 5.41) is 14.1. The zero-order chi connectivity index (χ0) is 17.6. The molecule has 1 unspecified atom stereocenters. The molecule has 128 valence electrons. The van der Waals surface area contributed by atoms with Crippen molar-refractivity contribution in [3.05, 3.63) is 71.3 Å². The maximum atomic E-state index is 12.1. The number of amides is 1. The highest BCUT2D eigenvalue weighted by Crippen LogP contribution is 2.30. The average Bonchev–Trinajstić information content (AvgIpc) is 2.60. The monoisotopic (exact) mass is 326 g/mol. The number of benzene rings is 2. The number of hydrogen-bond donors (Lipinski definition) is 2. The van der Waals surface area contributed by atoms with Gasteiger partial charge in [-0.05, 0) is 37.7 Å². The first-order valence-electron chi connectivity index (χ1n) is 8.19. The molecular formula is C20H26N2O2. The minimum atomic E-state index is -1.02. The third-order valence-electron chi connectivity index (χ3n) is 4.26. The van der Waals surface area contributed by atoms with Gasteiger partial charge in [-0.15, -0.1) is 0 Å². The Kier molecular flexibility index (Phi) is 6.12. The van der Waals surface area contributed by atoms with Crippen LogP contribution in [0.15, 0.2) is 54.6 Å². The maximum Gasteiger partial charge on any atom is 0.251 e. The molecule has 2 N–H and O–H groups in total. The van der Waals surface area contributed by atoms with Gasteiger partial charge < -0.3 is 15.3 Å². The van der Waals surface area contributed by atoms with E-state index >= 15 is 0 Å². The number of carbonyl (C=O) groups is 1. The highest BCUT2D eigenvalue weighted by molar-refractivity contribution is 5.95. The van der Waals surface area contributed by atoms with Gasteiger partial charge in [-0.1, -0.05) is 48.5 Å². The van der Waals surface area contributed by atoms with Gasteiger partial charge in [0.25, 0.3) is 5.91 Å². The molecular weight excluding hydrogens is 300 g/mol. The lowest BCUT2D eigenvalue weighted by Crippen LogP contribution is -2.34. The molecule has 0 saturated heterocycles. The summed E-state index contributed by atoms with van der Waals surface area (Å²) in [7, 11) is 5.60. The van der Waals surface area contributed by atoms with Crippen molar-refractivity contribution < 1.29 is 9.90 Å². The van der Waals surface area contributed by atoms with Crippen molar-refractivity contribution in [1.29, 1.82) is 0 Å². The Morgan fingerprint density at radius 1 is 1.08 bits per heavy atom. The summed E-state index contributed by atoms with van der Waals surface area (Å²) in [4.78, 5) is 14.2. The molecule has 2 rings (SSSR count). The summed E-state index contributed by atoms with van der Waals surface area (Å²) in [5.41, 5.74) is 1.31. The van der Waals surface area contributed by atoms with E-state index in [0.29, 0.717) is 18.4 Å². The molecule has 0 aromatic heterocycles. The lowest BCUT2D eigenvalue weighted by molar-refractivity contribution is 0.0211. The van der Waals surface area contributed by atoms with Gasteiger partial charge in [0.15, 0.2) is 0 Å². The second-order valence-corrected chi connectivity index (χ2v) is 6.36. The van der Waals surface area contributed by atoms with E-state index in [4.69, 9.17) is 0 Å². The largest absolute Gasteiger partial charge is 0.385 e. The Hall–Kier alpha value is -2.17. The maximum absolute atomic E-state index is 12.1. The van der Waals surface area contributed by atoms with Gasteiger partial charge in [0, 0.05) is 25.6 Å². The molecule has 1 amide bonds. The number of carbonyl (C=O) groups excluding carboxylic acids is 1. The molecule has 0 radical (unpaired) electrons. The third kappa shape index (κ3) is 4.43. The molecule has 0 aliphatic carbocycles. The van der Waals surface area contributed by atoms with Gasteiger partial charge in [-0.3, -0.25) is 4.79 Å². The first kappa shape index (κ1) is 18.2. The Labute approximate surface area is 144 Å². The smallest absolute Gasteiger partial charge is 0.251 e. The molecule has 4 nitrogen and oxygen atoms in total. The van der Waals surface area contributed by atoms with Gasteiger partial charge >= 0.3 is 0 Å². The molecule has 4 heteroatoms. The van der Waals surface area contributed by atoms with Crippen LogP contribution in [-0.4, -0.2) is 43.6 Å². The number of nitrogens with zero attached hydrogens (tertiary/aromatic N) is 1. The summed E-state index contributed by atoms with van der Waals surface area (Å²) in [6.45, 7) is 0.757. The van der Waals surface area contributed by atoms with Crippen LogP contribution in [0.2, 0.25) is 0 Å². The summed E-state index contributed by atoms with van der Waals surface area (Å²) in [5.74, 6) is -0.131. The fourth-order valence-electron chi connectivity index (χ4n) is 2.84. The van der Waals surface area contributed by atoms with Crippen LogP contribution in [0.3, 0.4) is 0 Å². The van der Waals surface area contributed by atoms with E-state index in [-0.39, 0.29) is 5.91 Å². The Morgan fingerprint density at radius 2 is 1.71 bits per heavy atom. The minimum absolute atomic E-state index is 0.131. The van der Waals surface area contributed by atoms with Crippen LogP contribution in [0.25, 0.3) is 0 Å². The minimum Gasteiger partial charge on any atom is -0.385 e. The van der Waals surface area contributed by atoms with Crippen LogP contribution < -0.4 is 5.32 Å². The van der Waals surface area contributed by atoms with Crippen LogP contribution >= 0.6 is 0 Å². The SMILES string of the molecule is CNC(=O)c1ccccc1CC(O)(CCN(C)C)c1ccccc1. The van der Waals surface area contributed by atoms with E-state index < -0.39 is 5.60 Å². The van der Waals surface area contributed by atoms with E-state index in [1.165, 1.54) is 0 Å². The fraction of sp³-hybridized carbons (Fsp3) is 0.350. The van der Waals surface area contributed by atoms with Gasteiger partial charge in [-0.2, -0.15) is 0 Å². The van der Waals surface area contributed by atoms with Crippen molar-refractivity contribution in [2.24, 2.45) is 0 Å². The number of aliphatic hydroxyl groups is 1. The number of hydrogen-bond acceptors (Lipinski definition) is 3. The quantitative estimate of drug-likeness (QED) is 0.822. The molecule has 1 atom stereocenters. The van der Waals surface area contributed by atoms with Crippen molar-refractivity contribution >= 4 is 5.91 Å². The van der Waals surface area contributed by atoms with Crippen molar-refractivity contribution in [2.45, 2.75) is 18.4 Å². The fourth-order valence-corrected chi connectivity index (χ4v) is 2.84. The number of rotatable bonds is 7. The molecule has 2 aromatic carbocycles. The highest BCUT2D eigenvalue weighted by atomic mass is 16.3. The van der Waals surface area contributed by atoms with Gasteiger partial charge in [0.1, 0.15) is 0 Å². The predicted molar refractivity (Wildman–Crippen MR) is 97.0 cm³/mol. The average molecular weight is 326 g/mol. The first-order valence-corrected chi connectivity index (χ1v) is 8.19. The Morgan fingerprint density at radius 3 is 2.33 bits per heavy atom. The second kappa shape index (κ2) is 8.08. The molecule has 0 aliphatic heterocycles. The van der Waals surface area contributed by atoms with Crippen molar-refractivity contribution in [3.63, 3.8) is 0 Å². The van der Waals surface area contributed by atoms with Gasteiger partial charge in [0.05, 0.1) is 5.60 Å². The van der Waals surface area contributed by atoms with E-state index in [1.54, 1.807) is 13.1 Å². The first-order chi connectivity index (χ1) is 11.5. The molecule has 0 saturated carbocycles. The lowest BCUT2D eigenvalue weighted by Gasteiger charge is -2.31. The Bertz CT molecular complexity index is 670. The van der Waals surface area contributed by atoms with E-state index in [9.17, 15) is 9.90 Å². The predicted octanol–water partition coefficient (Wildman–Crippen LogP) is 2.43. The van der Waals surface area contributed by atoms with E-state index in [2.05, 4.69) is 10.2 Å². The molecule has 0 spiro atoms. The second-order valence-electron chi connectivity index (χ2n) is 6.36. The molecule has 0 heterocycles. The zero-order valence-corrected chi connectivity index (χ0v) is 14.6. The van der Waals surface area contributed by atoms with Crippen LogP contribution in [-0.2, 0) is 12.0 Å². The van der Waals surface area contributed by atoms with Crippen molar-refractivity contribution in [2.75, 3.05) is 27.7 Å². The standard InChI is InChI=1S/C20H26N2O2/c1-21-19(23)18-12-8-7-9-16(18)15-20(24,13-14-22(2)3)17-10-5-4-6-11-17/h4-12,24H,13-15H2,1-3H3,(H,21,23). The number of nitrogens with one attached hydrogen (secondary N) is 1. The Balaban J connectivity index is 2.38. The normalized spacial score (nSPS) is 13.5. The molecule has 0 bridgehead atoms. The van der Waals surface area contributed by atoms with Crippen molar-refractivity contribution in [1.82, 2.24) is 10.2 Å². The molecule has 0 aliphatic rings. The zero-order valence-electron chi connectivity index (χ0n) is 14.6. The van der Waals surface area contributed by atoms with E-state index in [0.717, 1.165) is 17.7 Å². The van der Waals surface area contributed by atoms with Gasteiger partial charge in [0.2, 0.25) is 0 Å². The molecule has 2 aromatic rings. The molecule has 0 fully saturated rings. The highest BCUT2D eigenvalue weighted by Gasteiger charge is 2.30. The van der Waals surface area contributed by atoms with Crippen LogP contribution in [0.5, 0.6) is 0 Å². The summed E-state index contributed by atoms with van der Waals surface area (Å²) in [6.07, 6.45) is 0.987. The van der Waals surface area contributed by atoms with Gasteiger partial charge in [-0.25, -0.2) is 0 Å². The van der Waals surface area contributed by atoms with Crippen molar-refractivity contribution in [3.8, 4) is 0 Å². The summed E-state index contributed by atoms with van der Waals surface area (Å²) >= 11 is 0. The van der Waals surface area contributed by atoms with Crippen LogP contribution in [0.4, 0.5) is 0 Å². The summed E-state index contributed by atoms with van der Waals surface area (Å²) in [6, 6.07) is 17.1. The van der Waals surface area contributed by atoms with E-state index in [1.807, 2.05) is 62.6 Å². The molecule has 24 heavy (non-hydrogen) atoms. The summed E-state index contributed by atoms with van der Waals surface area (Å²) < 4.78 is 0. The third-order valence-corrected chi connectivity index (χ3v) is 4.26. The lowest BCUT2D eigenvalue weighted by atomic mass is 9.83. The van der Waals surface area contributed by atoms with Crippen LogP contribution in [0.1, 0.15) is 27.9 Å².